The molecule has 0 aliphatic rings. The summed E-state index contributed by atoms with van der Waals surface area (Å²) in [6.07, 6.45) is 4.99. The second kappa shape index (κ2) is 5.26. The van der Waals surface area contributed by atoms with E-state index in [0.717, 1.165) is 18.7 Å². The van der Waals surface area contributed by atoms with Crippen molar-refractivity contribution >= 4 is 0 Å². The molecule has 0 amide bonds. The fourth-order valence-corrected chi connectivity index (χ4v) is 1.56. The van der Waals surface area contributed by atoms with Crippen molar-refractivity contribution in [1.82, 2.24) is 4.68 Å². The highest BCUT2D eigenvalue weighted by Crippen LogP contribution is 2.11. The summed E-state index contributed by atoms with van der Waals surface area (Å²) < 4.78 is 7.07. The first-order valence-corrected chi connectivity index (χ1v) is 5.38. The van der Waals surface area contributed by atoms with Gasteiger partial charge in [-0.3, -0.25) is 4.68 Å². The van der Waals surface area contributed by atoms with Crippen molar-refractivity contribution in [1.29, 1.82) is 0 Å². The fourth-order valence-electron chi connectivity index (χ4n) is 1.56. The Labute approximate surface area is 95.6 Å². The van der Waals surface area contributed by atoms with Crippen molar-refractivity contribution in [3.63, 3.8) is 0 Å². The van der Waals surface area contributed by atoms with E-state index in [1.165, 1.54) is 5.56 Å². The van der Waals surface area contributed by atoms with Gasteiger partial charge < -0.3 is 10.2 Å². The molecule has 2 rings (SSSR count). The molecule has 0 unspecified atom stereocenters. The van der Waals surface area contributed by atoms with Crippen LogP contribution in [0, 0.1) is 0 Å². The topological polar surface area (TPSA) is 26.2 Å². The van der Waals surface area contributed by atoms with Crippen LogP contribution < -0.4 is 10.2 Å². The molecule has 0 aliphatic carbocycles. The summed E-state index contributed by atoms with van der Waals surface area (Å²) >= 11 is 0. The number of hydrogen-bond acceptors (Lipinski definition) is 2. The van der Waals surface area contributed by atoms with E-state index in [0.29, 0.717) is 0 Å². The van der Waals surface area contributed by atoms with Crippen LogP contribution in [-0.2, 0) is 6.42 Å². The van der Waals surface area contributed by atoms with Crippen LogP contribution in [0.25, 0.3) is 0 Å². The molecule has 1 heterocycles. The van der Waals surface area contributed by atoms with Crippen LogP contribution in [0.4, 0.5) is 0 Å². The lowest BCUT2D eigenvalue weighted by atomic mass is 10.1. The van der Waals surface area contributed by atoms with Gasteiger partial charge in [-0.25, -0.2) is 0 Å². The number of nitrogens with zero attached hydrogens (tertiary/aromatic N) is 1. The van der Waals surface area contributed by atoms with Gasteiger partial charge in [0.25, 0.3) is 0 Å². The summed E-state index contributed by atoms with van der Waals surface area (Å²) in [7, 11) is 1.68. The summed E-state index contributed by atoms with van der Waals surface area (Å²) in [4.78, 5) is 0. The number of benzene rings is 1. The normalized spacial score (nSPS) is 10.1. The van der Waals surface area contributed by atoms with E-state index in [-0.39, 0.29) is 0 Å². The van der Waals surface area contributed by atoms with Gasteiger partial charge in [0, 0.05) is 18.9 Å². The van der Waals surface area contributed by atoms with Crippen LogP contribution in [0.2, 0.25) is 0 Å². The van der Waals surface area contributed by atoms with Crippen molar-refractivity contribution in [2.75, 3.05) is 19.1 Å². The Kier molecular flexibility index (Phi) is 3.49. The molecule has 0 saturated carbocycles. The molecule has 0 bridgehead atoms. The predicted octanol–water partition coefficient (Wildman–Crippen LogP) is 2.28. The van der Waals surface area contributed by atoms with Crippen LogP contribution in [-0.4, -0.2) is 18.3 Å². The Morgan fingerprint density at radius 3 is 2.44 bits per heavy atom. The van der Waals surface area contributed by atoms with Crippen molar-refractivity contribution < 1.29 is 4.74 Å². The zero-order valence-corrected chi connectivity index (χ0v) is 9.39. The van der Waals surface area contributed by atoms with E-state index in [1.54, 1.807) is 7.11 Å². The van der Waals surface area contributed by atoms with E-state index < -0.39 is 0 Å². The van der Waals surface area contributed by atoms with Gasteiger partial charge in [0.1, 0.15) is 5.75 Å². The van der Waals surface area contributed by atoms with Gasteiger partial charge in [-0.1, -0.05) is 12.1 Å². The molecular formula is C13H16N2O. The lowest BCUT2D eigenvalue weighted by Crippen LogP contribution is -2.15. The zero-order valence-electron chi connectivity index (χ0n) is 9.39. The summed E-state index contributed by atoms with van der Waals surface area (Å²) in [6, 6.07) is 12.2. The van der Waals surface area contributed by atoms with Gasteiger partial charge in [0.2, 0.25) is 0 Å². The summed E-state index contributed by atoms with van der Waals surface area (Å²) in [5, 5.41) is 0. The van der Waals surface area contributed by atoms with Crippen LogP contribution >= 0.6 is 0 Å². The molecular weight excluding hydrogens is 200 g/mol. The summed E-state index contributed by atoms with van der Waals surface area (Å²) in [5.74, 6) is 0.905. The van der Waals surface area contributed by atoms with Gasteiger partial charge in [-0.05, 0) is 36.2 Å². The Morgan fingerprint density at radius 2 is 1.81 bits per heavy atom. The van der Waals surface area contributed by atoms with Crippen molar-refractivity contribution in [2.24, 2.45) is 0 Å². The molecule has 2 aromatic rings. The molecule has 0 aliphatic heterocycles. The van der Waals surface area contributed by atoms with E-state index in [9.17, 15) is 0 Å². The molecule has 16 heavy (non-hydrogen) atoms. The fraction of sp³-hybridized carbons (Fsp3) is 0.231. The lowest BCUT2D eigenvalue weighted by Gasteiger charge is -2.07. The Balaban J connectivity index is 1.81. The third-order valence-corrected chi connectivity index (χ3v) is 2.47. The first-order valence-electron chi connectivity index (χ1n) is 5.38. The zero-order chi connectivity index (χ0) is 11.2. The quantitative estimate of drug-likeness (QED) is 0.830. The number of aromatic nitrogens is 1. The number of methoxy groups -OCH3 is 1. The van der Waals surface area contributed by atoms with Crippen LogP contribution in [0.15, 0.2) is 48.8 Å². The molecule has 1 aromatic carbocycles. The van der Waals surface area contributed by atoms with Gasteiger partial charge in [0.15, 0.2) is 0 Å². The molecule has 0 saturated heterocycles. The first-order chi connectivity index (χ1) is 7.88. The third-order valence-electron chi connectivity index (χ3n) is 2.47. The minimum Gasteiger partial charge on any atom is -0.497 e. The smallest absolute Gasteiger partial charge is 0.118 e. The number of hydrogen-bond donors (Lipinski definition) is 1. The number of nitrogens with one attached hydrogen (secondary N) is 1. The average Bonchev–Trinajstić information content (AvgIpc) is 2.83. The lowest BCUT2D eigenvalue weighted by molar-refractivity contribution is 0.414. The highest BCUT2D eigenvalue weighted by molar-refractivity contribution is 5.27. The molecule has 0 atom stereocenters. The molecule has 1 aromatic heterocycles. The molecule has 3 heteroatoms. The van der Waals surface area contributed by atoms with Crippen LogP contribution in [0.1, 0.15) is 5.56 Å². The molecule has 0 spiro atoms. The maximum absolute atomic E-state index is 5.11. The van der Waals surface area contributed by atoms with Gasteiger partial charge >= 0.3 is 0 Å². The molecule has 0 fully saturated rings. The Morgan fingerprint density at radius 1 is 1.12 bits per heavy atom. The minimum absolute atomic E-state index is 0.905. The monoisotopic (exact) mass is 216 g/mol. The highest BCUT2D eigenvalue weighted by atomic mass is 16.5. The average molecular weight is 216 g/mol. The summed E-state index contributed by atoms with van der Waals surface area (Å²) in [6.45, 7) is 0.918. The molecule has 84 valence electrons. The second-order valence-electron chi connectivity index (χ2n) is 3.60. The SMILES string of the molecule is COc1ccc(CCNn2cccc2)cc1. The second-order valence-corrected chi connectivity index (χ2v) is 3.60. The van der Waals surface area contributed by atoms with Crippen molar-refractivity contribution in [3.8, 4) is 5.75 Å². The standard InChI is InChI=1S/C13H16N2O/c1-16-13-6-4-12(5-7-13)8-9-14-15-10-2-3-11-15/h2-7,10-11,14H,8-9H2,1H3. The maximum atomic E-state index is 5.11. The minimum atomic E-state index is 0.905. The van der Waals surface area contributed by atoms with Gasteiger partial charge in [-0.2, -0.15) is 0 Å². The first kappa shape index (κ1) is 10.6. The Hall–Kier alpha value is -1.90. The van der Waals surface area contributed by atoms with Crippen molar-refractivity contribution in [3.05, 3.63) is 54.4 Å². The summed E-state index contributed by atoms with van der Waals surface area (Å²) in [5.41, 5.74) is 4.59. The van der Waals surface area contributed by atoms with Crippen LogP contribution in [0.5, 0.6) is 5.75 Å². The van der Waals surface area contributed by atoms with Crippen molar-refractivity contribution in [2.45, 2.75) is 6.42 Å². The van der Waals surface area contributed by atoms with Crippen LogP contribution in [0.3, 0.4) is 0 Å². The largest absolute Gasteiger partial charge is 0.497 e. The third kappa shape index (κ3) is 2.79. The van der Waals surface area contributed by atoms with E-state index in [2.05, 4.69) is 17.6 Å². The van der Waals surface area contributed by atoms with E-state index in [4.69, 9.17) is 4.74 Å². The van der Waals surface area contributed by atoms with E-state index in [1.807, 2.05) is 41.3 Å². The molecule has 1 N–H and O–H groups in total. The maximum Gasteiger partial charge on any atom is 0.118 e. The number of rotatable bonds is 5. The van der Waals surface area contributed by atoms with Gasteiger partial charge in [0.05, 0.1) is 7.11 Å². The highest BCUT2D eigenvalue weighted by Gasteiger charge is 1.94. The van der Waals surface area contributed by atoms with Gasteiger partial charge in [-0.15, -0.1) is 0 Å². The number of ether oxygens (including phenoxy) is 1. The predicted molar refractivity (Wildman–Crippen MR) is 65.4 cm³/mol. The molecule has 0 radical (unpaired) electrons. The van der Waals surface area contributed by atoms with E-state index >= 15 is 0 Å². The molecule has 3 nitrogen and oxygen atoms in total. The Bertz CT molecular complexity index is 406.